The van der Waals surface area contributed by atoms with Crippen molar-refractivity contribution in [2.45, 2.75) is 32.6 Å². The maximum Gasteiger partial charge on any atom is 0.324 e. The highest BCUT2D eigenvalue weighted by Gasteiger charge is 2.48. The SMILES string of the molecule is CC(C)(C)c1cc(NC(=O)Nc2ccc(C#Cc3ccc(OCCCN4CC5(COC5)C4)c(Cl)c3)cc2)no1. The zero-order chi connectivity index (χ0) is 27.5. The minimum atomic E-state index is -0.405. The molecule has 2 aromatic carbocycles. The Morgan fingerprint density at radius 2 is 1.79 bits per heavy atom. The third kappa shape index (κ3) is 6.93. The highest BCUT2D eigenvalue weighted by Crippen LogP contribution is 2.37. The summed E-state index contributed by atoms with van der Waals surface area (Å²) in [5.41, 5.74) is 2.50. The van der Waals surface area contributed by atoms with Gasteiger partial charge in [-0.1, -0.05) is 49.4 Å². The first-order valence-corrected chi connectivity index (χ1v) is 13.5. The van der Waals surface area contributed by atoms with Crippen molar-refractivity contribution < 1.29 is 18.8 Å². The van der Waals surface area contributed by atoms with Crippen LogP contribution in [0.4, 0.5) is 16.3 Å². The van der Waals surface area contributed by atoms with Crippen LogP contribution in [0.15, 0.2) is 53.1 Å². The van der Waals surface area contributed by atoms with Crippen molar-refractivity contribution in [3.63, 3.8) is 0 Å². The fourth-order valence-electron chi connectivity index (χ4n) is 4.55. The zero-order valence-electron chi connectivity index (χ0n) is 22.5. The smallest absolute Gasteiger partial charge is 0.324 e. The molecule has 204 valence electrons. The van der Waals surface area contributed by atoms with E-state index in [1.54, 1.807) is 18.2 Å². The van der Waals surface area contributed by atoms with Crippen molar-refractivity contribution in [2.75, 3.05) is 50.1 Å². The van der Waals surface area contributed by atoms with Crippen LogP contribution in [0.1, 0.15) is 44.1 Å². The van der Waals surface area contributed by atoms with Gasteiger partial charge in [-0.25, -0.2) is 4.79 Å². The van der Waals surface area contributed by atoms with Crippen molar-refractivity contribution in [3.8, 4) is 17.6 Å². The number of anilines is 2. The largest absolute Gasteiger partial charge is 0.492 e. The Hall–Kier alpha value is -3.51. The molecule has 0 aliphatic carbocycles. The summed E-state index contributed by atoms with van der Waals surface area (Å²) in [5.74, 6) is 7.98. The molecule has 2 fully saturated rings. The summed E-state index contributed by atoms with van der Waals surface area (Å²) in [5, 5.41) is 9.89. The first-order valence-electron chi connectivity index (χ1n) is 13.1. The molecular formula is C30H33ClN4O4. The molecule has 3 aromatic rings. The lowest BCUT2D eigenvalue weighted by Crippen LogP contribution is -2.65. The summed E-state index contributed by atoms with van der Waals surface area (Å²) >= 11 is 6.43. The number of aromatic nitrogens is 1. The molecule has 1 spiro atoms. The second-order valence-electron chi connectivity index (χ2n) is 11.3. The van der Waals surface area contributed by atoms with Gasteiger partial charge in [-0.15, -0.1) is 0 Å². The number of nitrogens with zero attached hydrogens (tertiary/aromatic N) is 2. The normalized spacial score (nSPS) is 16.0. The molecule has 2 N–H and O–H groups in total. The number of nitrogens with one attached hydrogen (secondary N) is 2. The van der Waals surface area contributed by atoms with E-state index in [-0.39, 0.29) is 5.41 Å². The third-order valence-electron chi connectivity index (χ3n) is 6.73. The number of carbonyl (C=O) groups excluding carboxylic acids is 1. The van der Waals surface area contributed by atoms with Crippen LogP contribution >= 0.6 is 11.6 Å². The van der Waals surface area contributed by atoms with Gasteiger partial charge in [-0.3, -0.25) is 5.32 Å². The van der Waals surface area contributed by atoms with E-state index in [0.717, 1.165) is 50.4 Å². The number of ether oxygens (including phenoxy) is 2. The second-order valence-corrected chi connectivity index (χ2v) is 11.7. The summed E-state index contributed by atoms with van der Waals surface area (Å²) in [7, 11) is 0. The molecule has 8 nitrogen and oxygen atoms in total. The Balaban J connectivity index is 1.06. The van der Waals surface area contributed by atoms with Crippen LogP contribution in [0, 0.1) is 17.3 Å². The van der Waals surface area contributed by atoms with Gasteiger partial charge in [0.05, 0.1) is 24.8 Å². The van der Waals surface area contributed by atoms with E-state index in [9.17, 15) is 4.79 Å². The number of benzene rings is 2. The Morgan fingerprint density at radius 3 is 2.44 bits per heavy atom. The van der Waals surface area contributed by atoms with Crippen LogP contribution in [0.2, 0.25) is 5.02 Å². The first-order chi connectivity index (χ1) is 18.7. The number of rotatable bonds is 7. The molecule has 3 heterocycles. The molecule has 2 aliphatic heterocycles. The average molecular weight is 549 g/mol. The lowest BCUT2D eigenvalue weighted by molar-refractivity contribution is -0.189. The Bertz CT molecular complexity index is 1370. The van der Waals surface area contributed by atoms with Crippen molar-refractivity contribution in [1.82, 2.24) is 10.1 Å². The van der Waals surface area contributed by atoms with Gasteiger partial charge < -0.3 is 24.2 Å². The maximum atomic E-state index is 12.3. The zero-order valence-corrected chi connectivity index (χ0v) is 23.2. The lowest BCUT2D eigenvalue weighted by Gasteiger charge is -2.55. The van der Waals surface area contributed by atoms with Gasteiger partial charge in [0.2, 0.25) is 0 Å². The fraction of sp³-hybridized carbons (Fsp3) is 0.400. The van der Waals surface area contributed by atoms with Crippen LogP contribution in [-0.2, 0) is 10.2 Å². The van der Waals surface area contributed by atoms with Gasteiger partial charge in [0.1, 0.15) is 11.5 Å². The molecule has 2 aliphatic rings. The van der Waals surface area contributed by atoms with Crippen LogP contribution in [0.3, 0.4) is 0 Å². The van der Waals surface area contributed by atoms with E-state index in [1.807, 2.05) is 51.1 Å². The van der Waals surface area contributed by atoms with Gasteiger partial charge in [0.25, 0.3) is 0 Å². The number of halogens is 1. The third-order valence-corrected chi connectivity index (χ3v) is 7.02. The summed E-state index contributed by atoms with van der Waals surface area (Å²) in [6.07, 6.45) is 0.958. The van der Waals surface area contributed by atoms with Crippen molar-refractivity contribution in [1.29, 1.82) is 0 Å². The highest BCUT2D eigenvalue weighted by molar-refractivity contribution is 6.32. The van der Waals surface area contributed by atoms with Gasteiger partial charge in [-0.2, -0.15) is 0 Å². The Kier molecular flexibility index (Phi) is 7.85. The second kappa shape index (κ2) is 11.3. The highest BCUT2D eigenvalue weighted by atomic mass is 35.5. The number of likely N-dealkylation sites (tertiary alicyclic amines) is 1. The van der Waals surface area contributed by atoms with E-state index >= 15 is 0 Å². The van der Waals surface area contributed by atoms with Crippen molar-refractivity contribution in [2.24, 2.45) is 5.41 Å². The van der Waals surface area contributed by atoms with E-state index < -0.39 is 6.03 Å². The predicted octanol–water partition coefficient (Wildman–Crippen LogP) is 5.77. The van der Waals surface area contributed by atoms with E-state index in [4.69, 9.17) is 25.6 Å². The average Bonchev–Trinajstić information content (AvgIpc) is 3.31. The van der Waals surface area contributed by atoms with Crippen LogP contribution in [0.5, 0.6) is 5.75 Å². The molecule has 0 bridgehead atoms. The monoisotopic (exact) mass is 548 g/mol. The van der Waals surface area contributed by atoms with Gasteiger partial charge in [0, 0.05) is 53.3 Å². The number of hydrogen-bond donors (Lipinski definition) is 2. The van der Waals surface area contributed by atoms with E-state index in [2.05, 4.69) is 32.5 Å². The Labute approximate surface area is 234 Å². The fourth-order valence-corrected chi connectivity index (χ4v) is 4.78. The number of hydrogen-bond acceptors (Lipinski definition) is 6. The topological polar surface area (TPSA) is 88.9 Å². The summed E-state index contributed by atoms with van der Waals surface area (Å²) < 4.78 is 16.5. The van der Waals surface area contributed by atoms with Gasteiger partial charge in [-0.05, 0) is 48.9 Å². The molecule has 2 amide bonds. The molecule has 9 heteroatoms. The minimum Gasteiger partial charge on any atom is -0.492 e. The summed E-state index contributed by atoms with van der Waals surface area (Å²) in [6.45, 7) is 11.8. The molecule has 2 saturated heterocycles. The standard InChI is InChI=1S/C30H33ClN4O4/c1-29(2,3)26-16-27(34-39-26)33-28(36)32-23-10-7-21(8-11-23)5-6-22-9-12-25(24(31)15-22)38-14-4-13-35-17-30(18-35)19-37-20-30/h7-12,15-16H,4,13-14,17-20H2,1-3H3,(H2,32,33,34,36). The van der Waals surface area contributed by atoms with Crippen molar-refractivity contribution in [3.05, 3.63) is 70.4 Å². The first kappa shape index (κ1) is 27.1. The molecule has 0 radical (unpaired) electrons. The molecule has 0 atom stereocenters. The van der Waals surface area contributed by atoms with E-state index in [0.29, 0.717) is 40.1 Å². The molecule has 0 saturated carbocycles. The summed E-state index contributed by atoms with van der Waals surface area (Å²) in [6, 6.07) is 14.2. The predicted molar refractivity (Wildman–Crippen MR) is 152 cm³/mol. The van der Waals surface area contributed by atoms with Gasteiger partial charge >= 0.3 is 6.03 Å². The maximum absolute atomic E-state index is 12.3. The number of carbonyl (C=O) groups is 1. The van der Waals surface area contributed by atoms with Crippen LogP contribution in [-0.4, -0.2) is 55.5 Å². The minimum absolute atomic E-state index is 0.190. The molecule has 39 heavy (non-hydrogen) atoms. The lowest BCUT2D eigenvalue weighted by atomic mass is 9.78. The molecule has 1 aromatic heterocycles. The van der Waals surface area contributed by atoms with Crippen molar-refractivity contribution >= 4 is 29.1 Å². The summed E-state index contributed by atoms with van der Waals surface area (Å²) in [4.78, 5) is 14.8. The number of amides is 2. The van der Waals surface area contributed by atoms with E-state index in [1.165, 1.54) is 0 Å². The van der Waals surface area contributed by atoms with Crippen LogP contribution < -0.4 is 15.4 Å². The molecule has 0 unspecified atom stereocenters. The quantitative estimate of drug-likeness (QED) is 0.288. The Morgan fingerprint density at radius 1 is 1.08 bits per heavy atom. The molecule has 5 rings (SSSR count). The molecular weight excluding hydrogens is 516 g/mol. The van der Waals surface area contributed by atoms with Gasteiger partial charge in [0.15, 0.2) is 5.82 Å². The van der Waals surface area contributed by atoms with Crippen LogP contribution in [0.25, 0.3) is 0 Å². The number of urea groups is 1.